The summed E-state index contributed by atoms with van der Waals surface area (Å²) in [5.41, 5.74) is 2.70. The molecule has 4 aliphatic carbocycles. The maximum Gasteiger partial charge on any atom is 0.338 e. The van der Waals surface area contributed by atoms with Gasteiger partial charge in [0, 0.05) is 11.5 Å². The van der Waals surface area contributed by atoms with Crippen LogP contribution in [0.2, 0.25) is 19.6 Å². The number of rotatable bonds is 5. The van der Waals surface area contributed by atoms with Crippen LogP contribution < -0.4 is 0 Å². The summed E-state index contributed by atoms with van der Waals surface area (Å²) in [5, 5.41) is 0. The predicted octanol–water partition coefficient (Wildman–Crippen LogP) is 7.38. The van der Waals surface area contributed by atoms with Gasteiger partial charge < -0.3 is 8.61 Å². The largest absolute Gasteiger partial charge is 0.414 e. The summed E-state index contributed by atoms with van der Waals surface area (Å²) in [7, 11) is -5.36. The van der Waals surface area contributed by atoms with Gasteiger partial charge in [-0.25, -0.2) is 0 Å². The van der Waals surface area contributed by atoms with Crippen LogP contribution >= 0.6 is 0 Å². The standard InChI is InChI=1S/C29H42O4SSi/c1-20-7-10-23(11-8-20)34(30,31)32-27-14-13-25-24-12-9-21-19-22(33-35(4,5)6)15-17-28(21,2)26(24)16-18-29(25,27)3/h7-11,14,22,24-26H,12-13,15-19H2,1-6H3/t22-,24?,25?,26?,28-,29-/m0/s1. The van der Waals surface area contributed by atoms with Crippen molar-refractivity contribution >= 4 is 18.4 Å². The highest BCUT2D eigenvalue weighted by atomic mass is 32.2. The molecule has 6 heteroatoms. The third-order valence-corrected chi connectivity index (χ3v) is 11.9. The van der Waals surface area contributed by atoms with Gasteiger partial charge in [0.15, 0.2) is 8.32 Å². The van der Waals surface area contributed by atoms with E-state index in [1.165, 1.54) is 6.42 Å². The lowest BCUT2D eigenvalue weighted by Gasteiger charge is -2.57. The Morgan fingerprint density at radius 3 is 2.29 bits per heavy atom. The Balaban J connectivity index is 1.34. The number of hydrogen-bond acceptors (Lipinski definition) is 4. The van der Waals surface area contributed by atoms with Gasteiger partial charge >= 0.3 is 10.1 Å². The van der Waals surface area contributed by atoms with E-state index < -0.39 is 18.4 Å². The van der Waals surface area contributed by atoms with Crippen molar-refractivity contribution in [2.75, 3.05) is 0 Å². The maximum absolute atomic E-state index is 13.1. The van der Waals surface area contributed by atoms with Crippen molar-refractivity contribution in [3.63, 3.8) is 0 Å². The SMILES string of the molecule is Cc1ccc(S(=O)(=O)OC2=CCC3C4CC=C5C[C@@H](O[Si](C)(C)C)CC[C@]5(C)C4CC[C@]23C)cc1. The average molecular weight is 515 g/mol. The van der Waals surface area contributed by atoms with Gasteiger partial charge in [-0.1, -0.05) is 43.2 Å². The Morgan fingerprint density at radius 1 is 0.914 bits per heavy atom. The molecule has 3 unspecified atom stereocenters. The van der Waals surface area contributed by atoms with E-state index in [0.29, 0.717) is 29.6 Å². The summed E-state index contributed by atoms with van der Waals surface area (Å²) in [6.45, 7) is 13.6. The van der Waals surface area contributed by atoms with Gasteiger partial charge in [-0.15, -0.1) is 0 Å². The molecule has 2 saturated carbocycles. The summed E-state index contributed by atoms with van der Waals surface area (Å²) >= 11 is 0. The van der Waals surface area contributed by atoms with Gasteiger partial charge in [0.1, 0.15) is 10.7 Å². The zero-order valence-electron chi connectivity index (χ0n) is 22.3. The molecule has 6 atom stereocenters. The Hall–Kier alpha value is -1.37. The lowest BCUT2D eigenvalue weighted by Crippen LogP contribution is -2.50. The molecule has 0 spiro atoms. The molecule has 0 aromatic heterocycles. The second kappa shape index (κ2) is 8.59. The van der Waals surface area contributed by atoms with Crippen LogP contribution in [0.15, 0.2) is 52.6 Å². The zero-order valence-corrected chi connectivity index (χ0v) is 24.1. The second-order valence-electron chi connectivity index (χ2n) is 13.0. The van der Waals surface area contributed by atoms with E-state index in [9.17, 15) is 8.42 Å². The number of hydrogen-bond donors (Lipinski definition) is 0. The van der Waals surface area contributed by atoms with E-state index in [0.717, 1.165) is 44.1 Å². The zero-order chi connectivity index (χ0) is 25.2. The molecule has 35 heavy (non-hydrogen) atoms. The Kier molecular flexibility index (Phi) is 6.21. The predicted molar refractivity (Wildman–Crippen MR) is 143 cm³/mol. The smallest absolute Gasteiger partial charge is 0.338 e. The van der Waals surface area contributed by atoms with Gasteiger partial charge in [-0.2, -0.15) is 8.42 Å². The van der Waals surface area contributed by atoms with Gasteiger partial charge in [-0.05, 0) is 113 Å². The van der Waals surface area contributed by atoms with Gasteiger partial charge in [0.2, 0.25) is 0 Å². The number of benzene rings is 1. The monoisotopic (exact) mass is 514 g/mol. The van der Waals surface area contributed by atoms with Crippen molar-refractivity contribution in [1.82, 2.24) is 0 Å². The van der Waals surface area contributed by atoms with Crippen LogP contribution in [0.5, 0.6) is 0 Å². The fraction of sp³-hybridized carbons (Fsp3) is 0.655. The Morgan fingerprint density at radius 2 is 1.60 bits per heavy atom. The van der Waals surface area contributed by atoms with E-state index >= 15 is 0 Å². The molecular weight excluding hydrogens is 472 g/mol. The van der Waals surface area contributed by atoms with Crippen LogP contribution in [0.1, 0.15) is 64.4 Å². The molecule has 0 bridgehead atoms. The highest BCUT2D eigenvalue weighted by Gasteiger charge is 2.58. The van der Waals surface area contributed by atoms with Crippen LogP contribution in [0, 0.1) is 35.5 Å². The maximum atomic E-state index is 13.1. The van der Waals surface area contributed by atoms with Crippen LogP contribution in [-0.2, 0) is 18.7 Å². The minimum atomic E-state index is -3.82. The summed E-state index contributed by atoms with van der Waals surface area (Å²) in [6, 6.07) is 6.94. The molecule has 0 radical (unpaired) electrons. The first-order valence-corrected chi connectivity index (χ1v) is 18.2. The van der Waals surface area contributed by atoms with Crippen molar-refractivity contribution < 1.29 is 17.0 Å². The molecule has 0 heterocycles. The molecule has 4 nitrogen and oxygen atoms in total. The Labute approximate surface area is 213 Å². The second-order valence-corrected chi connectivity index (χ2v) is 19.0. The third kappa shape index (κ3) is 4.48. The number of allylic oxidation sites excluding steroid dienone is 3. The fourth-order valence-electron chi connectivity index (χ4n) is 7.76. The minimum Gasteiger partial charge on any atom is -0.414 e. The normalized spacial score (nSPS) is 37.0. The molecule has 1 aromatic carbocycles. The van der Waals surface area contributed by atoms with Crippen molar-refractivity contribution in [2.24, 2.45) is 28.6 Å². The summed E-state index contributed by atoms with van der Waals surface area (Å²) in [4.78, 5) is 0.236. The van der Waals surface area contributed by atoms with E-state index in [2.05, 4.69) is 45.6 Å². The fourth-order valence-corrected chi connectivity index (χ4v) is 10.0. The highest BCUT2D eigenvalue weighted by molar-refractivity contribution is 7.86. The van der Waals surface area contributed by atoms with Gasteiger partial charge in [-0.3, -0.25) is 0 Å². The van der Waals surface area contributed by atoms with Crippen LogP contribution in [0.3, 0.4) is 0 Å². The topological polar surface area (TPSA) is 52.6 Å². The van der Waals surface area contributed by atoms with E-state index in [4.69, 9.17) is 8.61 Å². The van der Waals surface area contributed by atoms with Gasteiger partial charge in [0.05, 0.1) is 0 Å². The third-order valence-electron chi connectivity index (χ3n) is 9.60. The van der Waals surface area contributed by atoms with Crippen LogP contribution in [-0.4, -0.2) is 22.8 Å². The average Bonchev–Trinajstić information content (AvgIpc) is 3.09. The summed E-state index contributed by atoms with van der Waals surface area (Å²) < 4.78 is 38.6. The molecule has 4 aliphatic rings. The van der Waals surface area contributed by atoms with E-state index in [1.807, 2.05) is 19.1 Å². The van der Waals surface area contributed by atoms with Crippen molar-refractivity contribution in [1.29, 1.82) is 0 Å². The summed E-state index contributed by atoms with van der Waals surface area (Å²) in [5.74, 6) is 2.36. The molecule has 2 fully saturated rings. The van der Waals surface area contributed by atoms with Crippen LogP contribution in [0.4, 0.5) is 0 Å². The molecule has 1 aromatic rings. The van der Waals surface area contributed by atoms with Gasteiger partial charge in [0.25, 0.3) is 0 Å². The van der Waals surface area contributed by atoms with E-state index in [1.54, 1.807) is 17.7 Å². The first-order chi connectivity index (χ1) is 16.3. The lowest BCUT2D eigenvalue weighted by atomic mass is 9.48. The molecule has 0 amide bonds. The molecule has 0 aliphatic heterocycles. The minimum absolute atomic E-state index is 0.210. The number of aryl methyl sites for hydroxylation is 1. The molecule has 0 N–H and O–H groups in total. The van der Waals surface area contributed by atoms with E-state index in [-0.39, 0.29) is 15.7 Å². The molecule has 0 saturated heterocycles. The van der Waals surface area contributed by atoms with Crippen molar-refractivity contribution in [2.45, 2.75) is 96.4 Å². The quantitative estimate of drug-likeness (QED) is 0.234. The highest BCUT2D eigenvalue weighted by Crippen LogP contribution is 2.65. The lowest BCUT2D eigenvalue weighted by molar-refractivity contribution is -0.0358. The first kappa shape index (κ1) is 25.3. The van der Waals surface area contributed by atoms with Crippen molar-refractivity contribution in [3.05, 3.63) is 53.3 Å². The number of fused-ring (bicyclic) bond motifs is 5. The van der Waals surface area contributed by atoms with Crippen LogP contribution in [0.25, 0.3) is 0 Å². The molecular formula is C29H42O4SSi. The first-order valence-electron chi connectivity index (χ1n) is 13.4. The molecule has 192 valence electrons. The van der Waals surface area contributed by atoms with Crippen molar-refractivity contribution in [3.8, 4) is 0 Å². The Bertz CT molecular complexity index is 1150. The molecule has 5 rings (SSSR count). The summed E-state index contributed by atoms with van der Waals surface area (Å²) in [6.07, 6.45) is 12.6.